The van der Waals surface area contributed by atoms with Gasteiger partial charge in [0, 0.05) is 0 Å². The Kier molecular flexibility index (Phi) is 29.0. The van der Waals surface area contributed by atoms with Crippen molar-refractivity contribution in [2.75, 3.05) is 0 Å². The smallest absolute Gasteiger partial charge is 0.373 e. The number of hydrogen-bond donors (Lipinski definition) is 1. The molecule has 2 aliphatic rings. The van der Waals surface area contributed by atoms with Gasteiger partial charge in [0.2, 0.25) is 0 Å². The summed E-state index contributed by atoms with van der Waals surface area (Å²) in [5.74, 6) is 0. The van der Waals surface area contributed by atoms with Gasteiger partial charge in [0.1, 0.15) is 0 Å². The van der Waals surface area contributed by atoms with Crippen LogP contribution in [0, 0.1) is 17.7 Å². The van der Waals surface area contributed by atoms with Gasteiger partial charge in [-0.2, -0.15) is 12.2 Å². The summed E-state index contributed by atoms with van der Waals surface area (Å²) in [5, 5.41) is 0. The molecule has 0 atom stereocenters. The first-order valence-corrected chi connectivity index (χ1v) is 4.26. The van der Waals surface area contributed by atoms with Crippen molar-refractivity contribution in [2.45, 2.75) is 12.8 Å². The third-order valence-electron chi connectivity index (χ3n) is 1.17. The molecule has 1 N–H and O–H groups in total. The van der Waals surface area contributed by atoms with Gasteiger partial charge in [-0.3, -0.25) is 17.1 Å². The monoisotopic (exact) mass is 263 g/mol. The van der Waals surface area contributed by atoms with E-state index in [2.05, 4.69) is 24.3 Å². The van der Waals surface area contributed by atoms with Crippen LogP contribution in [-0.2, 0) is 21.7 Å². The fourth-order valence-electron chi connectivity index (χ4n) is 0.680. The molecule has 2 rings (SSSR count). The van der Waals surface area contributed by atoms with Crippen LogP contribution in [0.15, 0.2) is 36.5 Å². The third kappa shape index (κ3) is 31.4. The maximum absolute atomic E-state index is 6.86. The largest absolute Gasteiger partial charge is 2.00 e. The Morgan fingerprint density at radius 1 is 0.941 bits per heavy atom. The Hall–Kier alpha value is -1.71. The van der Waals surface area contributed by atoms with E-state index in [9.17, 15) is 0 Å². The van der Waals surface area contributed by atoms with Gasteiger partial charge in [-0.25, -0.2) is 24.3 Å². The van der Waals surface area contributed by atoms with Crippen LogP contribution in [0.5, 0.6) is 0 Å². The molecule has 0 saturated heterocycles. The Bertz CT molecular complexity index is 277. The van der Waals surface area contributed by atoms with Crippen molar-refractivity contribution in [3.8, 4) is 0 Å². The van der Waals surface area contributed by atoms with Gasteiger partial charge in [0.05, 0.1) is 0 Å². The van der Waals surface area contributed by atoms with E-state index >= 15 is 0 Å². The minimum atomic E-state index is 0. The molecule has 0 radical (unpaired) electrons. The van der Waals surface area contributed by atoms with Crippen molar-refractivity contribution in [1.82, 2.24) is 0 Å². The van der Waals surface area contributed by atoms with Crippen molar-refractivity contribution in [2.24, 2.45) is 0 Å². The maximum atomic E-state index is 6.86. The molecule has 0 amide bonds. The Balaban J connectivity index is -0.000000157. The molecule has 0 aromatic rings. The molecule has 7 heteroatoms. The molecule has 86 valence electrons. The molecule has 2 aliphatic carbocycles. The van der Waals surface area contributed by atoms with Gasteiger partial charge in [-0.05, 0) is 10.4 Å². The molecule has 0 bridgehead atoms. The van der Waals surface area contributed by atoms with Crippen molar-refractivity contribution >= 4 is 0 Å². The molecule has 0 aromatic carbocycles. The first-order valence-electron chi connectivity index (χ1n) is 4.26. The van der Waals surface area contributed by atoms with E-state index in [4.69, 9.17) is 22.1 Å². The number of nitrogens with one attached hydrogen (secondary N) is 1. The van der Waals surface area contributed by atoms with Crippen LogP contribution in [-0.4, -0.2) is 0 Å². The van der Waals surface area contributed by atoms with Crippen molar-refractivity contribution in [1.29, 1.82) is 5.53 Å². The zero-order valence-electron chi connectivity index (χ0n) is 9.11. The quantitative estimate of drug-likeness (QED) is 0.220. The summed E-state index contributed by atoms with van der Waals surface area (Å²) in [5.41, 5.74) is 25.8. The van der Waals surface area contributed by atoms with Gasteiger partial charge in [-0.15, -0.1) is 18.4 Å². The first-order chi connectivity index (χ1) is 7.83. The van der Waals surface area contributed by atoms with E-state index < -0.39 is 0 Å². The second-order valence-corrected chi connectivity index (χ2v) is 2.20. The molecule has 0 fully saturated rings. The minimum absolute atomic E-state index is 0. The summed E-state index contributed by atoms with van der Waals surface area (Å²) in [6.45, 7) is 0. The average molecular weight is 263 g/mol. The SMILES string of the molecule is [C-]1=CC=CC1.[C-]1=CC=CC1.[N-]=[N+]=N.[N-]=[N+]=[N-].[Ti+2]. The predicted octanol–water partition coefficient (Wildman–Crippen LogP) is 4.35. The summed E-state index contributed by atoms with van der Waals surface area (Å²) in [4.78, 5) is 3.25. The second kappa shape index (κ2) is 23.8. The molecule has 0 saturated carbocycles. The molecule has 0 heterocycles. The van der Waals surface area contributed by atoms with E-state index in [1.54, 1.807) is 4.91 Å². The van der Waals surface area contributed by atoms with E-state index in [1.165, 1.54) is 4.91 Å². The van der Waals surface area contributed by atoms with Gasteiger partial charge in [0.15, 0.2) is 0 Å². The third-order valence-corrected chi connectivity index (χ3v) is 1.17. The van der Waals surface area contributed by atoms with Crippen LogP contribution in [0.1, 0.15) is 12.8 Å². The molecule has 0 unspecified atom stereocenters. The van der Waals surface area contributed by atoms with Gasteiger partial charge < -0.3 is 11.1 Å². The summed E-state index contributed by atoms with van der Waals surface area (Å²) in [6.07, 6.45) is 20.0. The van der Waals surface area contributed by atoms with Crippen LogP contribution in [0.25, 0.3) is 26.4 Å². The zero-order valence-corrected chi connectivity index (χ0v) is 10.7. The fourth-order valence-corrected chi connectivity index (χ4v) is 0.680. The standard InChI is InChI=1S/2C5H5.HN3.N3.Ti/c2*1-2-4-5-3-1;2*1-3-2;/h2*1-3H,4H2;1H;;/q2*-1;;-1;+2. The molecule has 0 spiro atoms. The molecular formula is C10H11N6Ti-. The second-order valence-electron chi connectivity index (χ2n) is 2.20. The molecular weight excluding hydrogens is 252 g/mol. The minimum Gasteiger partial charge on any atom is -0.373 e. The Morgan fingerprint density at radius 3 is 1.29 bits per heavy atom. The van der Waals surface area contributed by atoms with Gasteiger partial charge in [0.25, 0.3) is 0 Å². The van der Waals surface area contributed by atoms with Crippen LogP contribution in [0.2, 0.25) is 0 Å². The van der Waals surface area contributed by atoms with Crippen molar-refractivity contribution in [3.63, 3.8) is 0 Å². The summed E-state index contributed by atoms with van der Waals surface area (Å²) < 4.78 is 0. The van der Waals surface area contributed by atoms with Crippen LogP contribution in [0.3, 0.4) is 0 Å². The number of rotatable bonds is 0. The van der Waals surface area contributed by atoms with Crippen molar-refractivity contribution < 1.29 is 21.7 Å². The van der Waals surface area contributed by atoms with E-state index in [1.807, 2.05) is 24.3 Å². The topological polar surface area (TPSA) is 119 Å². The number of nitrogens with zero attached hydrogens (tertiary/aromatic N) is 5. The predicted molar refractivity (Wildman–Crippen MR) is 62.7 cm³/mol. The average Bonchev–Trinajstić information content (AvgIpc) is 3.00. The molecule has 17 heavy (non-hydrogen) atoms. The van der Waals surface area contributed by atoms with E-state index in [0.717, 1.165) is 12.8 Å². The summed E-state index contributed by atoms with van der Waals surface area (Å²) in [7, 11) is 0. The van der Waals surface area contributed by atoms with Crippen molar-refractivity contribution in [3.05, 3.63) is 75.0 Å². The Labute approximate surface area is 115 Å². The number of hydrogen-bond acceptors (Lipinski definition) is 1. The molecule has 0 aliphatic heterocycles. The summed E-state index contributed by atoms with van der Waals surface area (Å²) in [6, 6.07) is 0. The normalized spacial score (nSPS) is 11.3. The first kappa shape index (κ1) is 20.7. The fraction of sp³-hybridized carbons (Fsp3) is 0.200. The van der Waals surface area contributed by atoms with Crippen LogP contribution < -0.4 is 0 Å². The Morgan fingerprint density at radius 2 is 1.24 bits per heavy atom. The molecule has 0 aromatic heterocycles. The van der Waals surface area contributed by atoms with Crippen LogP contribution in [0.4, 0.5) is 0 Å². The number of allylic oxidation sites excluding steroid dienone is 8. The van der Waals surface area contributed by atoms with E-state index in [0.29, 0.717) is 0 Å². The van der Waals surface area contributed by atoms with Gasteiger partial charge in [-0.1, -0.05) is 0 Å². The zero-order chi connectivity index (χ0) is 12.5. The summed E-state index contributed by atoms with van der Waals surface area (Å²) >= 11 is 0. The van der Waals surface area contributed by atoms with Gasteiger partial charge >= 0.3 is 21.7 Å². The molecule has 6 nitrogen and oxygen atoms in total. The van der Waals surface area contributed by atoms with Crippen LogP contribution >= 0.6 is 0 Å². The maximum Gasteiger partial charge on any atom is 2.00 e. The van der Waals surface area contributed by atoms with E-state index in [-0.39, 0.29) is 21.7 Å².